The number of hydrogen-bond donors (Lipinski definition) is 2. The van der Waals surface area contributed by atoms with E-state index < -0.39 is 17.9 Å². The molecule has 1 aliphatic heterocycles. The number of hydrogen-bond acceptors (Lipinski definition) is 4. The Labute approximate surface area is 161 Å². The van der Waals surface area contributed by atoms with Gasteiger partial charge in [0.1, 0.15) is 5.92 Å². The molecule has 2 amide bonds. The van der Waals surface area contributed by atoms with Crippen LogP contribution >= 0.6 is 0 Å². The van der Waals surface area contributed by atoms with Crippen LogP contribution in [0, 0.1) is 17.8 Å². The van der Waals surface area contributed by atoms with Gasteiger partial charge in [-0.3, -0.25) is 9.59 Å². The SMILES string of the molecule is CN1C[C@H](O)[C@H](C#Cc2cccc(-n3nc(C(N)=O)c4ccccc43)c2)C1=O. The summed E-state index contributed by atoms with van der Waals surface area (Å²) in [6, 6.07) is 14.6. The number of para-hydroxylation sites is 1. The van der Waals surface area contributed by atoms with Gasteiger partial charge >= 0.3 is 0 Å². The van der Waals surface area contributed by atoms with Crippen molar-refractivity contribution in [3.05, 3.63) is 59.8 Å². The zero-order valence-corrected chi connectivity index (χ0v) is 15.2. The van der Waals surface area contributed by atoms with Crippen LogP contribution in [0.15, 0.2) is 48.5 Å². The molecule has 0 saturated carbocycles. The quantitative estimate of drug-likeness (QED) is 0.652. The average Bonchev–Trinajstić information content (AvgIpc) is 3.18. The Bertz CT molecular complexity index is 1160. The van der Waals surface area contributed by atoms with Crippen LogP contribution in [0.3, 0.4) is 0 Å². The molecule has 0 unspecified atom stereocenters. The van der Waals surface area contributed by atoms with Gasteiger partial charge in [0.05, 0.1) is 17.3 Å². The fraction of sp³-hybridized carbons (Fsp3) is 0.190. The van der Waals surface area contributed by atoms with Crippen molar-refractivity contribution in [1.29, 1.82) is 0 Å². The fourth-order valence-corrected chi connectivity index (χ4v) is 3.36. The van der Waals surface area contributed by atoms with E-state index in [1.165, 1.54) is 4.90 Å². The molecule has 140 valence electrons. The van der Waals surface area contributed by atoms with Gasteiger partial charge in [-0.2, -0.15) is 5.10 Å². The van der Waals surface area contributed by atoms with Gasteiger partial charge in [-0.05, 0) is 24.3 Å². The van der Waals surface area contributed by atoms with Crippen molar-refractivity contribution in [1.82, 2.24) is 14.7 Å². The number of benzene rings is 2. The molecule has 0 spiro atoms. The van der Waals surface area contributed by atoms with Gasteiger partial charge < -0.3 is 15.7 Å². The van der Waals surface area contributed by atoms with Gasteiger partial charge in [0.25, 0.3) is 5.91 Å². The number of carbonyl (C=O) groups excluding carboxylic acids is 2. The number of aliphatic hydroxyl groups is 1. The van der Waals surface area contributed by atoms with Crippen molar-refractivity contribution in [2.45, 2.75) is 6.10 Å². The third-order valence-electron chi connectivity index (χ3n) is 4.77. The van der Waals surface area contributed by atoms with Gasteiger partial charge in [0.2, 0.25) is 5.91 Å². The number of likely N-dealkylation sites (tertiary alicyclic amines) is 1. The predicted octanol–water partition coefficient (Wildman–Crippen LogP) is 0.925. The first-order valence-electron chi connectivity index (χ1n) is 8.78. The van der Waals surface area contributed by atoms with E-state index in [0.29, 0.717) is 16.6 Å². The topological polar surface area (TPSA) is 101 Å². The van der Waals surface area contributed by atoms with Gasteiger partial charge in [-0.25, -0.2) is 4.68 Å². The Kier molecular flexibility index (Phi) is 4.34. The van der Waals surface area contributed by atoms with Gasteiger partial charge in [-0.1, -0.05) is 36.1 Å². The molecular formula is C21H18N4O3. The number of fused-ring (bicyclic) bond motifs is 1. The number of β-amino-alcohol motifs (C(OH)–C–C–N with tert-alkyl or cyclic N) is 1. The summed E-state index contributed by atoms with van der Waals surface area (Å²) in [4.78, 5) is 25.2. The molecule has 1 aliphatic rings. The summed E-state index contributed by atoms with van der Waals surface area (Å²) in [7, 11) is 1.65. The van der Waals surface area contributed by atoms with Crippen molar-refractivity contribution in [3.8, 4) is 17.5 Å². The number of nitrogens with two attached hydrogens (primary N) is 1. The van der Waals surface area contributed by atoms with Crippen molar-refractivity contribution in [2.75, 3.05) is 13.6 Å². The smallest absolute Gasteiger partial charge is 0.269 e. The number of nitrogens with zero attached hydrogens (tertiary/aromatic N) is 3. The molecule has 1 aromatic heterocycles. The highest BCUT2D eigenvalue weighted by atomic mass is 16.3. The number of rotatable bonds is 2. The van der Waals surface area contributed by atoms with Crippen LogP contribution in [0.5, 0.6) is 0 Å². The number of carbonyl (C=O) groups is 2. The van der Waals surface area contributed by atoms with E-state index in [0.717, 1.165) is 5.52 Å². The van der Waals surface area contributed by atoms with Crippen LogP contribution in [0.1, 0.15) is 16.1 Å². The molecule has 0 radical (unpaired) electrons. The predicted molar refractivity (Wildman–Crippen MR) is 104 cm³/mol. The first-order chi connectivity index (χ1) is 13.5. The molecule has 2 atom stereocenters. The van der Waals surface area contributed by atoms with Gasteiger partial charge in [0, 0.05) is 24.5 Å². The molecular weight excluding hydrogens is 356 g/mol. The Morgan fingerprint density at radius 3 is 2.75 bits per heavy atom. The standard InChI is InChI=1S/C21H18N4O3/c1-24-12-18(26)16(21(24)28)10-9-13-5-4-6-14(11-13)25-17-8-3-2-7-15(17)19(23-25)20(22)27/h2-8,11,16,18,26H,12H2,1H3,(H2,22,27)/t16-,18-/m0/s1. The number of primary amides is 1. The maximum atomic E-state index is 12.0. The lowest BCUT2D eigenvalue weighted by Crippen LogP contribution is -2.22. The second kappa shape index (κ2) is 6.83. The van der Waals surface area contributed by atoms with Gasteiger partial charge in [-0.15, -0.1) is 0 Å². The van der Waals surface area contributed by atoms with Crippen LogP contribution in [-0.4, -0.2) is 51.3 Å². The maximum absolute atomic E-state index is 12.0. The van der Waals surface area contributed by atoms with E-state index in [-0.39, 0.29) is 18.1 Å². The summed E-state index contributed by atoms with van der Waals surface area (Å²) in [5.41, 5.74) is 7.80. The largest absolute Gasteiger partial charge is 0.389 e. The van der Waals surface area contributed by atoms with Crippen molar-refractivity contribution in [2.24, 2.45) is 11.7 Å². The first kappa shape index (κ1) is 17.8. The van der Waals surface area contributed by atoms with Crippen molar-refractivity contribution >= 4 is 22.7 Å². The average molecular weight is 374 g/mol. The number of amides is 2. The third-order valence-corrected chi connectivity index (χ3v) is 4.77. The maximum Gasteiger partial charge on any atom is 0.269 e. The Hall–Kier alpha value is -3.63. The minimum absolute atomic E-state index is 0.180. The lowest BCUT2D eigenvalue weighted by Gasteiger charge is -2.05. The molecule has 2 aromatic carbocycles. The Morgan fingerprint density at radius 1 is 1.25 bits per heavy atom. The van der Waals surface area contributed by atoms with Crippen LogP contribution < -0.4 is 5.73 Å². The van der Waals surface area contributed by atoms with E-state index in [1.54, 1.807) is 17.8 Å². The molecule has 0 aliphatic carbocycles. The second-order valence-corrected chi connectivity index (χ2v) is 6.73. The minimum Gasteiger partial charge on any atom is -0.389 e. The Balaban J connectivity index is 1.73. The highest BCUT2D eigenvalue weighted by molar-refractivity contribution is 6.04. The van der Waals surface area contributed by atoms with E-state index in [1.807, 2.05) is 42.5 Å². The second-order valence-electron chi connectivity index (χ2n) is 6.73. The molecule has 3 aromatic rings. The molecule has 1 saturated heterocycles. The monoisotopic (exact) mass is 374 g/mol. The number of aliphatic hydroxyl groups excluding tert-OH is 1. The van der Waals surface area contributed by atoms with E-state index >= 15 is 0 Å². The molecule has 3 N–H and O–H groups in total. The zero-order chi connectivity index (χ0) is 19.8. The fourth-order valence-electron chi connectivity index (χ4n) is 3.36. The highest BCUT2D eigenvalue weighted by Crippen LogP contribution is 2.22. The molecule has 28 heavy (non-hydrogen) atoms. The van der Waals surface area contributed by atoms with Crippen LogP contribution in [-0.2, 0) is 4.79 Å². The van der Waals surface area contributed by atoms with Crippen LogP contribution in [0.4, 0.5) is 0 Å². The summed E-state index contributed by atoms with van der Waals surface area (Å²) in [5.74, 6) is 4.34. The summed E-state index contributed by atoms with van der Waals surface area (Å²) < 4.78 is 1.64. The van der Waals surface area contributed by atoms with Gasteiger partial charge in [0.15, 0.2) is 5.69 Å². The summed E-state index contributed by atoms with van der Waals surface area (Å²) in [5, 5.41) is 15.0. The van der Waals surface area contributed by atoms with E-state index in [2.05, 4.69) is 16.9 Å². The number of likely N-dealkylation sites (N-methyl/N-ethyl adjacent to an activating group) is 1. The van der Waals surface area contributed by atoms with E-state index in [4.69, 9.17) is 5.73 Å². The molecule has 7 heteroatoms. The molecule has 0 bridgehead atoms. The zero-order valence-electron chi connectivity index (χ0n) is 15.2. The lowest BCUT2D eigenvalue weighted by molar-refractivity contribution is -0.128. The summed E-state index contributed by atoms with van der Waals surface area (Å²) >= 11 is 0. The molecule has 1 fully saturated rings. The highest BCUT2D eigenvalue weighted by Gasteiger charge is 2.36. The summed E-state index contributed by atoms with van der Waals surface area (Å²) in [6.07, 6.45) is -0.790. The normalized spacial score (nSPS) is 18.9. The first-order valence-corrected chi connectivity index (χ1v) is 8.78. The molecule has 4 rings (SSSR count). The van der Waals surface area contributed by atoms with Crippen LogP contribution in [0.25, 0.3) is 16.6 Å². The molecule has 7 nitrogen and oxygen atoms in total. The Morgan fingerprint density at radius 2 is 2.04 bits per heavy atom. The molecule has 2 heterocycles. The minimum atomic E-state index is -0.790. The number of aromatic nitrogens is 2. The van der Waals surface area contributed by atoms with Crippen LogP contribution in [0.2, 0.25) is 0 Å². The van der Waals surface area contributed by atoms with E-state index in [9.17, 15) is 14.7 Å². The summed E-state index contributed by atoms with van der Waals surface area (Å²) in [6.45, 7) is 0.285. The third kappa shape index (κ3) is 3.00. The lowest BCUT2D eigenvalue weighted by atomic mass is 10.1. The van der Waals surface area contributed by atoms with Crippen molar-refractivity contribution in [3.63, 3.8) is 0 Å². The van der Waals surface area contributed by atoms with Crippen molar-refractivity contribution < 1.29 is 14.7 Å².